The Hall–Kier alpha value is -3.27. The van der Waals surface area contributed by atoms with Gasteiger partial charge in [-0.3, -0.25) is 9.48 Å². The van der Waals surface area contributed by atoms with E-state index in [4.69, 9.17) is 9.72 Å². The fourth-order valence-electron chi connectivity index (χ4n) is 4.39. The maximum absolute atomic E-state index is 13.5. The van der Waals surface area contributed by atoms with Crippen LogP contribution in [-0.4, -0.2) is 74.6 Å². The van der Waals surface area contributed by atoms with Gasteiger partial charge >= 0.3 is 6.18 Å². The quantitative estimate of drug-likeness (QED) is 0.356. The van der Waals surface area contributed by atoms with Gasteiger partial charge in [0.2, 0.25) is 5.88 Å². The summed E-state index contributed by atoms with van der Waals surface area (Å²) in [5, 5.41) is 8.28. The van der Waals surface area contributed by atoms with Crippen molar-refractivity contribution in [3.8, 4) is 11.7 Å². The highest BCUT2D eigenvalue weighted by molar-refractivity contribution is 7.97. The van der Waals surface area contributed by atoms with Crippen molar-refractivity contribution in [2.24, 2.45) is 12.5 Å². The van der Waals surface area contributed by atoms with Crippen LogP contribution >= 0.6 is 0 Å². The molecule has 0 bridgehead atoms. The molecular weight excluding hydrogens is 595 g/mol. The lowest BCUT2D eigenvalue weighted by molar-refractivity contribution is -0.219. The fraction of sp³-hybridized carbons (Fsp3) is 0.538. The summed E-state index contributed by atoms with van der Waals surface area (Å²) in [6.45, 7) is 9.14. The number of nitrogens with one attached hydrogen (secondary N) is 1. The van der Waals surface area contributed by atoms with Crippen molar-refractivity contribution in [3.05, 3.63) is 41.9 Å². The first-order chi connectivity index (χ1) is 19.3. The predicted octanol–water partition coefficient (Wildman–Crippen LogP) is 3.59. The third-order valence-electron chi connectivity index (χ3n) is 7.00. The highest BCUT2D eigenvalue weighted by Gasteiger charge is 2.48. The molecule has 0 radical (unpaired) electrons. The average Bonchev–Trinajstić information content (AvgIpc) is 3.57. The number of hydrogen-bond acceptors (Lipinski definition) is 8. The van der Waals surface area contributed by atoms with Crippen molar-refractivity contribution in [2.75, 3.05) is 28.9 Å². The summed E-state index contributed by atoms with van der Waals surface area (Å²) >= 11 is 0. The lowest BCUT2D eigenvalue weighted by Crippen LogP contribution is -2.42. The Kier molecular flexibility index (Phi) is 8.36. The SMILES string of the molecule is CC[S+]1CN(c2nc(-n3ccc(OCC(C)(C)C(F)(F)F)n3)ccc2C(=O)NS(=O)(=O)c2cn(C)nc2C)C(C)(C)C1. The van der Waals surface area contributed by atoms with Crippen LogP contribution in [0.15, 0.2) is 35.5 Å². The van der Waals surface area contributed by atoms with Gasteiger partial charge in [-0.25, -0.2) is 22.8 Å². The summed E-state index contributed by atoms with van der Waals surface area (Å²) in [4.78, 5) is 20.1. The number of nitrogens with zero attached hydrogens (tertiary/aromatic N) is 6. The summed E-state index contributed by atoms with van der Waals surface area (Å²) in [5.41, 5.74) is -2.17. The molecule has 0 saturated carbocycles. The van der Waals surface area contributed by atoms with Gasteiger partial charge in [-0.2, -0.15) is 18.3 Å². The van der Waals surface area contributed by atoms with Crippen molar-refractivity contribution in [3.63, 3.8) is 0 Å². The number of amides is 1. The number of rotatable bonds is 9. The number of alkyl halides is 3. The molecule has 1 fully saturated rings. The normalized spacial score (nSPS) is 17.5. The molecule has 1 amide bonds. The van der Waals surface area contributed by atoms with Gasteiger partial charge in [0.15, 0.2) is 11.7 Å². The molecule has 1 N–H and O–H groups in total. The molecule has 1 unspecified atom stereocenters. The Morgan fingerprint density at radius 2 is 1.88 bits per heavy atom. The van der Waals surface area contributed by atoms with Gasteiger partial charge in [-0.05, 0) is 53.7 Å². The molecule has 1 aliphatic rings. The number of halogens is 3. The van der Waals surface area contributed by atoms with Crippen LogP contribution in [0.5, 0.6) is 5.88 Å². The highest BCUT2D eigenvalue weighted by atomic mass is 32.2. The molecular formula is C26H35F3N7O4S2+. The van der Waals surface area contributed by atoms with Crippen LogP contribution in [0.4, 0.5) is 19.0 Å². The lowest BCUT2D eigenvalue weighted by atomic mass is 9.94. The van der Waals surface area contributed by atoms with Crippen molar-refractivity contribution in [1.82, 2.24) is 29.3 Å². The number of hydrogen-bond donors (Lipinski definition) is 1. The van der Waals surface area contributed by atoms with Crippen molar-refractivity contribution >= 4 is 32.6 Å². The Balaban J connectivity index is 1.69. The zero-order chi connectivity index (χ0) is 31.3. The van der Waals surface area contributed by atoms with Crippen LogP contribution in [0.25, 0.3) is 5.82 Å². The van der Waals surface area contributed by atoms with Crippen molar-refractivity contribution in [1.29, 1.82) is 0 Å². The van der Waals surface area contributed by atoms with E-state index in [1.165, 1.54) is 46.9 Å². The third kappa shape index (κ3) is 6.38. The summed E-state index contributed by atoms with van der Waals surface area (Å²) in [7, 11) is -2.63. The number of ether oxygens (including phenoxy) is 1. The minimum atomic E-state index is -4.45. The molecule has 3 aromatic heterocycles. The minimum Gasteiger partial charge on any atom is -0.476 e. The Bertz CT molecular complexity index is 1580. The smallest absolute Gasteiger partial charge is 0.397 e. The van der Waals surface area contributed by atoms with Crippen LogP contribution in [0.3, 0.4) is 0 Å². The Labute approximate surface area is 245 Å². The monoisotopic (exact) mass is 630 g/mol. The van der Waals surface area contributed by atoms with Crippen LogP contribution in [-0.2, 0) is 28.0 Å². The van der Waals surface area contributed by atoms with E-state index in [1.807, 2.05) is 18.7 Å². The second-order valence-corrected chi connectivity index (χ2v) is 15.4. The first kappa shape index (κ1) is 31.7. The Morgan fingerprint density at radius 3 is 2.45 bits per heavy atom. The van der Waals surface area contributed by atoms with Gasteiger partial charge in [-0.1, -0.05) is 0 Å². The summed E-state index contributed by atoms with van der Waals surface area (Å²) in [6.07, 6.45) is -1.65. The van der Waals surface area contributed by atoms with E-state index in [2.05, 4.69) is 21.8 Å². The van der Waals surface area contributed by atoms with E-state index in [9.17, 15) is 26.4 Å². The third-order valence-corrected chi connectivity index (χ3v) is 11.0. The number of sulfonamides is 1. The zero-order valence-corrected chi connectivity index (χ0v) is 26.1. The number of anilines is 1. The molecule has 0 spiro atoms. The Morgan fingerprint density at radius 1 is 1.19 bits per heavy atom. The van der Waals surface area contributed by atoms with E-state index in [0.717, 1.165) is 25.4 Å². The van der Waals surface area contributed by atoms with E-state index >= 15 is 0 Å². The molecule has 230 valence electrons. The van der Waals surface area contributed by atoms with E-state index < -0.39 is 34.1 Å². The predicted molar refractivity (Wildman–Crippen MR) is 153 cm³/mol. The summed E-state index contributed by atoms with van der Waals surface area (Å²) in [6, 6.07) is 4.37. The van der Waals surface area contributed by atoms with Crippen LogP contribution in [0.2, 0.25) is 0 Å². The molecule has 4 rings (SSSR count). The second-order valence-electron chi connectivity index (χ2n) is 11.4. The molecule has 16 heteroatoms. The number of aromatic nitrogens is 5. The van der Waals surface area contributed by atoms with Crippen molar-refractivity contribution < 1.29 is 31.1 Å². The molecule has 11 nitrogen and oxygen atoms in total. The molecule has 0 aromatic carbocycles. The topological polar surface area (TPSA) is 124 Å². The van der Waals surface area contributed by atoms with Crippen molar-refractivity contribution in [2.45, 2.75) is 58.2 Å². The van der Waals surface area contributed by atoms with Gasteiger partial charge in [0.1, 0.15) is 28.8 Å². The standard InChI is InChI=1S/C26H34F3N7O4S2/c1-8-41-15-25(5,6)35(16-41)22-18(23(37)33-42(38,39)19-13-34(7)31-17(19)2)9-10-20(30-22)36-12-11-21(32-36)40-14-24(3,4)26(27,28)29/h9-13H,8,14-16H2,1-7H3/p+1. The number of pyridine rings is 1. The van der Waals surface area contributed by atoms with Gasteiger partial charge in [-0.15, -0.1) is 5.10 Å². The van der Waals surface area contributed by atoms with E-state index in [-0.39, 0.29) is 50.1 Å². The summed E-state index contributed by atoms with van der Waals surface area (Å²) < 4.78 is 76.0. The van der Waals surface area contributed by atoms with Gasteiger partial charge in [0, 0.05) is 36.4 Å². The average molecular weight is 631 g/mol. The molecule has 4 heterocycles. The summed E-state index contributed by atoms with van der Waals surface area (Å²) in [5.74, 6) is 2.08. The number of carbonyl (C=O) groups is 1. The lowest BCUT2D eigenvalue weighted by Gasteiger charge is -2.29. The molecule has 1 atom stereocenters. The van der Waals surface area contributed by atoms with Crippen LogP contribution < -0.4 is 14.4 Å². The number of aryl methyl sites for hydroxylation is 2. The zero-order valence-electron chi connectivity index (χ0n) is 24.5. The first-order valence-corrected chi connectivity index (χ1v) is 16.3. The maximum Gasteiger partial charge on any atom is 0.397 e. The highest BCUT2D eigenvalue weighted by Crippen LogP contribution is 2.38. The molecule has 0 aliphatic carbocycles. The maximum atomic E-state index is 13.5. The van der Waals surface area contributed by atoms with E-state index in [1.54, 1.807) is 7.05 Å². The molecule has 42 heavy (non-hydrogen) atoms. The first-order valence-electron chi connectivity index (χ1n) is 13.1. The van der Waals surface area contributed by atoms with Crippen LogP contribution in [0.1, 0.15) is 50.7 Å². The largest absolute Gasteiger partial charge is 0.476 e. The molecule has 1 saturated heterocycles. The minimum absolute atomic E-state index is 0.0201. The second kappa shape index (κ2) is 11.1. The van der Waals surface area contributed by atoms with E-state index in [0.29, 0.717) is 5.88 Å². The van der Waals surface area contributed by atoms with Gasteiger partial charge in [0.25, 0.3) is 15.9 Å². The number of carbonyl (C=O) groups excluding carboxylic acids is 1. The van der Waals surface area contributed by atoms with Gasteiger partial charge < -0.3 is 9.64 Å². The molecule has 3 aromatic rings. The van der Waals surface area contributed by atoms with Gasteiger partial charge in [0.05, 0.1) is 22.2 Å². The van der Waals surface area contributed by atoms with Crippen LogP contribution in [0, 0.1) is 12.3 Å². The fourth-order valence-corrected chi connectivity index (χ4v) is 8.05. The molecule has 1 aliphatic heterocycles.